The van der Waals surface area contributed by atoms with Crippen molar-refractivity contribution in [2.45, 2.75) is 84.8 Å². The van der Waals surface area contributed by atoms with Crippen molar-refractivity contribution in [3.8, 4) is 0 Å². The predicted molar refractivity (Wildman–Crippen MR) is 138 cm³/mol. The molecule has 2 amide bonds. The molecule has 1 heterocycles. The maximum atomic E-state index is 13.3. The number of rotatable bonds is 9. The van der Waals surface area contributed by atoms with Crippen molar-refractivity contribution < 1.29 is 9.59 Å². The number of hydrogen-bond acceptors (Lipinski definition) is 4. The van der Waals surface area contributed by atoms with Crippen molar-refractivity contribution in [2.75, 3.05) is 26.2 Å². The van der Waals surface area contributed by atoms with Crippen molar-refractivity contribution in [3.63, 3.8) is 0 Å². The first-order valence-corrected chi connectivity index (χ1v) is 13.3. The zero-order chi connectivity index (χ0) is 24.7. The average Bonchev–Trinajstić information content (AvgIpc) is 2.83. The van der Waals surface area contributed by atoms with Gasteiger partial charge in [-0.05, 0) is 68.9 Å². The molecule has 1 aliphatic heterocycles. The van der Waals surface area contributed by atoms with Gasteiger partial charge in [0.25, 0.3) is 0 Å². The lowest BCUT2D eigenvalue weighted by molar-refractivity contribution is -0.142. The summed E-state index contributed by atoms with van der Waals surface area (Å²) in [5, 5.41) is 3.22. The van der Waals surface area contributed by atoms with Gasteiger partial charge in [-0.25, -0.2) is 0 Å². The standard InChI is InChI=1S/C28H46N4O2/c1-20(2)18-31(19-23-10-8-21(3)9-11-23)26-12-13-32(22(4)33)27(15-26)28(34)30-17-25-7-5-6-24(14-25)16-29/h8-11,20,24-27H,5-7,12-19,29H2,1-4H3,(H,30,34)/t24?,25?,26?,27-/m1/s1. The van der Waals surface area contributed by atoms with Gasteiger partial charge in [0, 0.05) is 39.1 Å². The molecule has 1 saturated carbocycles. The van der Waals surface area contributed by atoms with Gasteiger partial charge in [-0.1, -0.05) is 50.1 Å². The molecular weight excluding hydrogens is 424 g/mol. The van der Waals surface area contributed by atoms with Crippen LogP contribution in [0.2, 0.25) is 0 Å². The molecule has 1 aliphatic carbocycles. The Morgan fingerprint density at radius 1 is 1.12 bits per heavy atom. The Morgan fingerprint density at radius 3 is 2.47 bits per heavy atom. The molecule has 1 saturated heterocycles. The highest BCUT2D eigenvalue weighted by Crippen LogP contribution is 2.29. The molecule has 0 radical (unpaired) electrons. The van der Waals surface area contributed by atoms with Crippen LogP contribution in [0.1, 0.15) is 70.4 Å². The maximum absolute atomic E-state index is 13.3. The number of carbonyl (C=O) groups is 2. The summed E-state index contributed by atoms with van der Waals surface area (Å²) in [6.07, 6.45) is 6.24. The van der Waals surface area contributed by atoms with Gasteiger partial charge in [0.05, 0.1) is 0 Å². The Hall–Kier alpha value is -1.92. The third kappa shape index (κ3) is 7.54. The van der Waals surface area contributed by atoms with Crippen LogP contribution in [0.15, 0.2) is 24.3 Å². The van der Waals surface area contributed by atoms with Crippen molar-refractivity contribution >= 4 is 11.8 Å². The zero-order valence-corrected chi connectivity index (χ0v) is 21.8. The number of likely N-dealkylation sites (tertiary alicyclic amines) is 1. The molecule has 3 rings (SSSR count). The van der Waals surface area contributed by atoms with Gasteiger partial charge in [-0.3, -0.25) is 14.5 Å². The molecular formula is C28H46N4O2. The van der Waals surface area contributed by atoms with E-state index in [1.807, 2.05) is 0 Å². The molecule has 1 aromatic carbocycles. The highest BCUT2D eigenvalue weighted by Gasteiger charge is 2.37. The van der Waals surface area contributed by atoms with Crippen LogP contribution < -0.4 is 11.1 Å². The number of nitrogens with zero attached hydrogens (tertiary/aromatic N) is 2. The lowest BCUT2D eigenvalue weighted by Crippen LogP contribution is -2.57. The lowest BCUT2D eigenvalue weighted by Gasteiger charge is -2.43. The quantitative estimate of drug-likeness (QED) is 0.577. The molecule has 0 bridgehead atoms. The number of nitrogens with one attached hydrogen (secondary N) is 1. The summed E-state index contributed by atoms with van der Waals surface area (Å²) < 4.78 is 0. The van der Waals surface area contributed by atoms with E-state index in [0.717, 1.165) is 38.9 Å². The minimum Gasteiger partial charge on any atom is -0.354 e. The van der Waals surface area contributed by atoms with E-state index in [9.17, 15) is 9.59 Å². The van der Waals surface area contributed by atoms with Gasteiger partial charge < -0.3 is 16.0 Å². The minimum absolute atomic E-state index is 0.00611. The smallest absolute Gasteiger partial charge is 0.242 e. The normalized spacial score (nSPS) is 25.6. The van der Waals surface area contributed by atoms with E-state index in [-0.39, 0.29) is 17.9 Å². The Bertz CT molecular complexity index is 794. The largest absolute Gasteiger partial charge is 0.354 e. The van der Waals surface area contributed by atoms with Crippen LogP contribution in [-0.2, 0) is 16.1 Å². The fourth-order valence-electron chi connectivity index (χ4n) is 5.81. The van der Waals surface area contributed by atoms with E-state index in [1.54, 1.807) is 11.8 Å². The van der Waals surface area contributed by atoms with Crippen LogP contribution in [0.4, 0.5) is 0 Å². The highest BCUT2D eigenvalue weighted by atomic mass is 16.2. The van der Waals surface area contributed by atoms with Crippen LogP contribution in [0.3, 0.4) is 0 Å². The van der Waals surface area contributed by atoms with Crippen molar-refractivity contribution in [2.24, 2.45) is 23.5 Å². The summed E-state index contributed by atoms with van der Waals surface area (Å²) in [5.74, 6) is 1.61. The average molecular weight is 471 g/mol. The molecule has 6 nitrogen and oxygen atoms in total. The first kappa shape index (κ1) is 26.7. The molecule has 2 fully saturated rings. The van der Waals surface area contributed by atoms with Crippen LogP contribution in [-0.4, -0.2) is 59.9 Å². The topological polar surface area (TPSA) is 78.7 Å². The lowest BCUT2D eigenvalue weighted by atomic mass is 9.81. The Kier molecular flexibility index (Phi) is 9.96. The summed E-state index contributed by atoms with van der Waals surface area (Å²) in [5.41, 5.74) is 8.46. The summed E-state index contributed by atoms with van der Waals surface area (Å²) in [6.45, 7) is 12.1. The third-order valence-electron chi connectivity index (χ3n) is 7.69. The predicted octanol–water partition coefficient (Wildman–Crippen LogP) is 3.71. The SMILES string of the molecule is CC(=O)N1CCC(N(Cc2ccc(C)cc2)CC(C)C)C[C@@H]1C(=O)NCC1CCCC(CN)C1. The van der Waals surface area contributed by atoms with E-state index < -0.39 is 6.04 Å². The Labute approximate surface area is 206 Å². The molecule has 2 aliphatic rings. The third-order valence-corrected chi connectivity index (χ3v) is 7.69. The number of hydrogen-bond donors (Lipinski definition) is 2. The van der Waals surface area contributed by atoms with Crippen LogP contribution in [0, 0.1) is 24.7 Å². The van der Waals surface area contributed by atoms with E-state index in [1.165, 1.54) is 24.0 Å². The van der Waals surface area contributed by atoms with Gasteiger partial charge in [0.1, 0.15) is 6.04 Å². The number of aryl methyl sites for hydroxylation is 1. The fourth-order valence-corrected chi connectivity index (χ4v) is 5.81. The number of piperidine rings is 1. The molecule has 0 spiro atoms. The van der Waals surface area contributed by atoms with Crippen LogP contribution in [0.25, 0.3) is 0 Å². The molecule has 0 aromatic heterocycles. The van der Waals surface area contributed by atoms with Crippen LogP contribution >= 0.6 is 0 Å². The maximum Gasteiger partial charge on any atom is 0.242 e. The summed E-state index contributed by atoms with van der Waals surface area (Å²) in [6, 6.07) is 8.63. The van der Waals surface area contributed by atoms with E-state index >= 15 is 0 Å². The van der Waals surface area contributed by atoms with E-state index in [0.29, 0.717) is 37.3 Å². The molecule has 1 aromatic rings. The number of carbonyl (C=O) groups excluding carboxylic acids is 2. The zero-order valence-electron chi connectivity index (χ0n) is 21.8. The van der Waals surface area contributed by atoms with Gasteiger partial charge >= 0.3 is 0 Å². The first-order valence-electron chi connectivity index (χ1n) is 13.3. The second kappa shape index (κ2) is 12.7. The van der Waals surface area contributed by atoms with Gasteiger partial charge in [-0.15, -0.1) is 0 Å². The van der Waals surface area contributed by atoms with E-state index in [4.69, 9.17) is 5.73 Å². The molecule has 34 heavy (non-hydrogen) atoms. The van der Waals surface area contributed by atoms with Gasteiger partial charge in [0.15, 0.2) is 0 Å². The molecule has 3 N–H and O–H groups in total. The van der Waals surface area contributed by atoms with Crippen molar-refractivity contribution in [1.29, 1.82) is 0 Å². The molecule has 4 atom stereocenters. The van der Waals surface area contributed by atoms with Gasteiger partial charge in [0.2, 0.25) is 11.8 Å². The molecule has 3 unspecified atom stereocenters. The summed E-state index contributed by atoms with van der Waals surface area (Å²) >= 11 is 0. The van der Waals surface area contributed by atoms with Crippen molar-refractivity contribution in [3.05, 3.63) is 35.4 Å². The highest BCUT2D eigenvalue weighted by molar-refractivity contribution is 5.87. The molecule has 6 heteroatoms. The molecule has 190 valence electrons. The van der Waals surface area contributed by atoms with Crippen LogP contribution in [0.5, 0.6) is 0 Å². The second-order valence-electron chi connectivity index (χ2n) is 11.1. The fraction of sp³-hybridized carbons (Fsp3) is 0.714. The monoisotopic (exact) mass is 470 g/mol. The van der Waals surface area contributed by atoms with E-state index in [2.05, 4.69) is 55.3 Å². The van der Waals surface area contributed by atoms with Gasteiger partial charge in [-0.2, -0.15) is 0 Å². The Morgan fingerprint density at radius 2 is 1.82 bits per heavy atom. The summed E-state index contributed by atoms with van der Waals surface area (Å²) in [7, 11) is 0. The number of amides is 2. The number of nitrogens with two attached hydrogens (primary N) is 1. The first-order chi connectivity index (χ1) is 16.3. The van der Waals surface area contributed by atoms with Crippen molar-refractivity contribution in [1.82, 2.24) is 15.1 Å². The second-order valence-corrected chi connectivity index (χ2v) is 11.1. The summed E-state index contributed by atoms with van der Waals surface area (Å²) in [4.78, 5) is 30.1. The Balaban J connectivity index is 1.67. The minimum atomic E-state index is -0.391. The number of benzene rings is 1.